The Hall–Kier alpha value is -2.36. The molecule has 4 heteroatoms. The number of hydrogen-bond acceptors (Lipinski definition) is 3. The number of rotatable bonds is 6. The first kappa shape index (κ1) is 18.4. The van der Waals surface area contributed by atoms with E-state index < -0.39 is 0 Å². The standard InChI is InChI=1S/C22H27NO3/c1-4-9-18-19(21(24)16-12-8-13-17(16)26-18)22(25)23-20-14(5-2)10-7-11-15(20)6-3/h7,10-11H,4-6,8-9,12-13H2,1-3H3,(H,23,25). The Labute approximate surface area is 154 Å². The maximum atomic E-state index is 13.1. The number of carbonyl (C=O) groups is 1. The normalized spacial score (nSPS) is 12.9. The second-order valence-corrected chi connectivity index (χ2v) is 6.85. The van der Waals surface area contributed by atoms with Crippen LogP contribution in [-0.2, 0) is 32.1 Å². The largest absolute Gasteiger partial charge is 0.465 e. The number of nitrogens with one attached hydrogen (secondary N) is 1. The highest BCUT2D eigenvalue weighted by Gasteiger charge is 2.26. The third-order valence-electron chi connectivity index (χ3n) is 5.14. The molecule has 1 aromatic carbocycles. The van der Waals surface area contributed by atoms with Crippen molar-refractivity contribution in [1.82, 2.24) is 0 Å². The summed E-state index contributed by atoms with van der Waals surface area (Å²) in [6.45, 7) is 6.16. The predicted molar refractivity (Wildman–Crippen MR) is 104 cm³/mol. The van der Waals surface area contributed by atoms with Gasteiger partial charge in [0.05, 0.1) is 0 Å². The van der Waals surface area contributed by atoms with Crippen LogP contribution in [0.2, 0.25) is 0 Å². The lowest BCUT2D eigenvalue weighted by Crippen LogP contribution is -2.27. The van der Waals surface area contributed by atoms with Crippen molar-refractivity contribution in [2.24, 2.45) is 0 Å². The molecule has 0 bridgehead atoms. The summed E-state index contributed by atoms with van der Waals surface area (Å²) in [5, 5.41) is 3.03. The summed E-state index contributed by atoms with van der Waals surface area (Å²) in [7, 11) is 0. The fourth-order valence-electron chi connectivity index (χ4n) is 3.76. The molecule has 0 fully saturated rings. The zero-order chi connectivity index (χ0) is 18.7. The predicted octanol–water partition coefficient (Wildman–Crippen LogP) is 4.46. The molecule has 0 saturated carbocycles. The molecule has 26 heavy (non-hydrogen) atoms. The Morgan fingerprint density at radius 1 is 1.12 bits per heavy atom. The van der Waals surface area contributed by atoms with Gasteiger partial charge in [0.1, 0.15) is 17.1 Å². The minimum atomic E-state index is -0.340. The molecule has 1 aliphatic rings. The maximum absolute atomic E-state index is 13.1. The second-order valence-electron chi connectivity index (χ2n) is 6.85. The van der Waals surface area contributed by atoms with E-state index >= 15 is 0 Å². The molecule has 1 heterocycles. The molecule has 4 nitrogen and oxygen atoms in total. The number of hydrogen-bond donors (Lipinski definition) is 1. The molecule has 0 spiro atoms. The molecular formula is C22H27NO3. The van der Waals surface area contributed by atoms with Crippen LogP contribution in [0.25, 0.3) is 0 Å². The number of para-hydroxylation sites is 1. The molecule has 1 aliphatic carbocycles. The monoisotopic (exact) mass is 353 g/mol. The van der Waals surface area contributed by atoms with Crippen LogP contribution in [0.4, 0.5) is 5.69 Å². The number of amides is 1. The van der Waals surface area contributed by atoms with Crippen LogP contribution in [0.3, 0.4) is 0 Å². The van der Waals surface area contributed by atoms with Crippen molar-refractivity contribution in [3.8, 4) is 0 Å². The topological polar surface area (TPSA) is 59.3 Å². The number of fused-ring (bicyclic) bond motifs is 1. The molecule has 3 rings (SSSR count). The van der Waals surface area contributed by atoms with Gasteiger partial charge in [-0.05, 0) is 43.2 Å². The summed E-state index contributed by atoms with van der Waals surface area (Å²) in [5.41, 5.74) is 3.75. The van der Waals surface area contributed by atoms with Crippen LogP contribution in [0.1, 0.15) is 72.2 Å². The van der Waals surface area contributed by atoms with E-state index in [1.807, 2.05) is 25.1 Å². The molecule has 138 valence electrons. The van der Waals surface area contributed by atoms with Crippen LogP contribution in [0.5, 0.6) is 0 Å². The zero-order valence-electron chi connectivity index (χ0n) is 15.9. The third-order valence-corrected chi connectivity index (χ3v) is 5.14. The van der Waals surface area contributed by atoms with Gasteiger partial charge in [0.25, 0.3) is 5.91 Å². The highest BCUT2D eigenvalue weighted by molar-refractivity contribution is 6.05. The van der Waals surface area contributed by atoms with Crippen LogP contribution >= 0.6 is 0 Å². The van der Waals surface area contributed by atoms with Gasteiger partial charge < -0.3 is 9.73 Å². The van der Waals surface area contributed by atoms with Crippen molar-refractivity contribution < 1.29 is 9.21 Å². The lowest BCUT2D eigenvalue weighted by Gasteiger charge is -2.16. The van der Waals surface area contributed by atoms with Crippen molar-refractivity contribution in [2.45, 2.75) is 65.7 Å². The number of benzene rings is 1. The van der Waals surface area contributed by atoms with Gasteiger partial charge in [-0.3, -0.25) is 9.59 Å². The van der Waals surface area contributed by atoms with Gasteiger partial charge in [0.15, 0.2) is 0 Å². The lowest BCUT2D eigenvalue weighted by atomic mass is 10.0. The van der Waals surface area contributed by atoms with Crippen molar-refractivity contribution in [2.75, 3.05) is 5.32 Å². The molecule has 2 aromatic rings. The lowest BCUT2D eigenvalue weighted by molar-refractivity contribution is 0.102. The minimum absolute atomic E-state index is 0.142. The van der Waals surface area contributed by atoms with E-state index in [1.165, 1.54) is 0 Å². The third kappa shape index (κ3) is 3.33. The number of anilines is 1. The van der Waals surface area contributed by atoms with Gasteiger partial charge in [0.2, 0.25) is 5.43 Å². The van der Waals surface area contributed by atoms with E-state index in [4.69, 9.17) is 4.42 Å². The molecule has 0 unspecified atom stereocenters. The quantitative estimate of drug-likeness (QED) is 0.834. The molecule has 0 aliphatic heterocycles. The van der Waals surface area contributed by atoms with Crippen LogP contribution in [0.15, 0.2) is 27.4 Å². The molecular weight excluding hydrogens is 326 g/mol. The summed E-state index contributed by atoms with van der Waals surface area (Å²) < 4.78 is 5.98. The number of carbonyl (C=O) groups excluding carboxylic acids is 1. The average molecular weight is 353 g/mol. The maximum Gasteiger partial charge on any atom is 0.263 e. The van der Waals surface area contributed by atoms with Crippen molar-refractivity contribution >= 4 is 11.6 Å². The molecule has 1 N–H and O–H groups in total. The highest BCUT2D eigenvalue weighted by atomic mass is 16.3. The summed E-state index contributed by atoms with van der Waals surface area (Å²) >= 11 is 0. The minimum Gasteiger partial charge on any atom is -0.465 e. The van der Waals surface area contributed by atoms with Crippen LogP contribution < -0.4 is 10.7 Å². The fourth-order valence-corrected chi connectivity index (χ4v) is 3.76. The Balaban J connectivity index is 2.05. The SMILES string of the molecule is CCCc1oc2c(c(=O)c1C(=O)Nc1c(CC)cccc1CC)CCC2. The van der Waals surface area contributed by atoms with Gasteiger partial charge >= 0.3 is 0 Å². The molecule has 1 aromatic heterocycles. The first-order valence-corrected chi connectivity index (χ1v) is 9.70. The summed E-state index contributed by atoms with van der Waals surface area (Å²) in [6, 6.07) is 6.05. The summed E-state index contributed by atoms with van der Waals surface area (Å²) in [4.78, 5) is 26.1. The van der Waals surface area contributed by atoms with E-state index in [0.29, 0.717) is 24.2 Å². The van der Waals surface area contributed by atoms with Crippen LogP contribution in [-0.4, -0.2) is 5.91 Å². The van der Waals surface area contributed by atoms with Gasteiger partial charge in [-0.15, -0.1) is 0 Å². The molecule has 0 saturated heterocycles. The number of aryl methyl sites for hydroxylation is 4. The Morgan fingerprint density at radius 2 is 1.81 bits per heavy atom. The van der Waals surface area contributed by atoms with E-state index in [0.717, 1.165) is 54.7 Å². The van der Waals surface area contributed by atoms with Crippen LogP contribution in [0, 0.1) is 0 Å². The van der Waals surface area contributed by atoms with E-state index in [2.05, 4.69) is 19.2 Å². The Bertz CT molecular complexity index is 857. The van der Waals surface area contributed by atoms with E-state index in [1.54, 1.807) is 0 Å². The Morgan fingerprint density at radius 3 is 2.42 bits per heavy atom. The second kappa shape index (κ2) is 7.90. The summed E-state index contributed by atoms with van der Waals surface area (Å²) in [5.74, 6) is 0.966. The van der Waals surface area contributed by atoms with Crippen molar-refractivity contribution in [3.63, 3.8) is 0 Å². The van der Waals surface area contributed by atoms with Gasteiger partial charge in [-0.2, -0.15) is 0 Å². The van der Waals surface area contributed by atoms with Crippen molar-refractivity contribution in [3.05, 3.63) is 62.2 Å². The van der Waals surface area contributed by atoms with E-state index in [-0.39, 0.29) is 16.9 Å². The zero-order valence-corrected chi connectivity index (χ0v) is 15.9. The Kier molecular flexibility index (Phi) is 5.60. The van der Waals surface area contributed by atoms with Gasteiger partial charge in [0, 0.05) is 24.1 Å². The first-order chi connectivity index (χ1) is 12.6. The smallest absolute Gasteiger partial charge is 0.263 e. The summed E-state index contributed by atoms with van der Waals surface area (Å²) in [6.07, 6.45) is 5.49. The van der Waals surface area contributed by atoms with Crippen molar-refractivity contribution in [1.29, 1.82) is 0 Å². The first-order valence-electron chi connectivity index (χ1n) is 9.70. The van der Waals surface area contributed by atoms with E-state index in [9.17, 15) is 9.59 Å². The van der Waals surface area contributed by atoms with Gasteiger partial charge in [-0.1, -0.05) is 39.0 Å². The fraction of sp³-hybridized carbons (Fsp3) is 0.455. The molecule has 0 radical (unpaired) electrons. The molecule has 0 atom stereocenters. The average Bonchev–Trinajstić information content (AvgIpc) is 3.11. The highest BCUT2D eigenvalue weighted by Crippen LogP contribution is 2.26. The molecule has 1 amide bonds. The van der Waals surface area contributed by atoms with Gasteiger partial charge in [-0.25, -0.2) is 0 Å².